The number of hydrogen-bond donors (Lipinski definition) is 1. The number of nitrogens with one attached hydrogen (secondary N) is 1. The molecule has 1 aromatic carbocycles. The Kier molecular flexibility index (Phi) is 9.06. The van der Waals surface area contributed by atoms with Gasteiger partial charge in [0.2, 0.25) is 0 Å². The zero-order chi connectivity index (χ0) is 21.6. The standard InChI is InChI=1S/C23H29N5O2S.HI/c1-24-23(27-14-12-26(13-15-27)17-18-7-6-16-31-18)25-10-4-5-11-28-21(29)19-8-2-3-9-20(19)22(28)30;/h2-3,6-9,16H,4-5,10-15,17H2,1H3,(H,24,25);1H. The van der Waals surface area contributed by atoms with Crippen LogP contribution in [0.3, 0.4) is 0 Å². The van der Waals surface area contributed by atoms with Crippen molar-refractivity contribution in [2.45, 2.75) is 19.4 Å². The Morgan fingerprint density at radius 1 is 1.00 bits per heavy atom. The molecule has 1 N–H and O–H groups in total. The molecule has 1 fully saturated rings. The van der Waals surface area contributed by atoms with Gasteiger partial charge in [-0.3, -0.25) is 24.4 Å². The van der Waals surface area contributed by atoms with Crippen LogP contribution in [0.2, 0.25) is 0 Å². The van der Waals surface area contributed by atoms with Gasteiger partial charge in [0.05, 0.1) is 11.1 Å². The van der Waals surface area contributed by atoms with E-state index in [1.54, 1.807) is 24.3 Å². The topological polar surface area (TPSA) is 68.2 Å². The summed E-state index contributed by atoms with van der Waals surface area (Å²) in [5.41, 5.74) is 1.04. The Labute approximate surface area is 210 Å². The lowest BCUT2D eigenvalue weighted by molar-refractivity contribution is 0.0652. The van der Waals surface area contributed by atoms with E-state index in [0.717, 1.165) is 58.1 Å². The summed E-state index contributed by atoms with van der Waals surface area (Å²) in [6, 6.07) is 11.3. The first-order chi connectivity index (χ1) is 15.2. The normalized spacial score (nSPS) is 16.8. The second-order valence-electron chi connectivity index (χ2n) is 7.83. The number of unbranched alkanes of at least 4 members (excludes halogenated alkanes) is 1. The van der Waals surface area contributed by atoms with Gasteiger partial charge in [0, 0.05) is 57.7 Å². The second kappa shape index (κ2) is 11.8. The van der Waals surface area contributed by atoms with Crippen LogP contribution in [0.5, 0.6) is 0 Å². The van der Waals surface area contributed by atoms with Crippen molar-refractivity contribution in [1.82, 2.24) is 20.0 Å². The minimum Gasteiger partial charge on any atom is -0.356 e. The van der Waals surface area contributed by atoms with E-state index in [4.69, 9.17) is 0 Å². The monoisotopic (exact) mass is 567 g/mol. The van der Waals surface area contributed by atoms with Gasteiger partial charge in [-0.15, -0.1) is 35.3 Å². The molecule has 7 nitrogen and oxygen atoms in total. The van der Waals surface area contributed by atoms with Crippen LogP contribution in [0.4, 0.5) is 0 Å². The molecule has 1 aromatic heterocycles. The fraction of sp³-hybridized carbons (Fsp3) is 0.435. The van der Waals surface area contributed by atoms with Gasteiger partial charge >= 0.3 is 0 Å². The van der Waals surface area contributed by atoms with E-state index >= 15 is 0 Å². The molecule has 0 atom stereocenters. The van der Waals surface area contributed by atoms with E-state index in [-0.39, 0.29) is 35.8 Å². The lowest BCUT2D eigenvalue weighted by atomic mass is 10.1. The number of rotatable bonds is 7. The van der Waals surface area contributed by atoms with Crippen molar-refractivity contribution in [2.75, 3.05) is 46.3 Å². The van der Waals surface area contributed by atoms with E-state index in [1.807, 2.05) is 18.4 Å². The fourth-order valence-electron chi connectivity index (χ4n) is 4.11. The van der Waals surface area contributed by atoms with Crippen LogP contribution in [0, 0.1) is 0 Å². The van der Waals surface area contributed by atoms with Gasteiger partial charge in [-0.1, -0.05) is 18.2 Å². The predicted molar refractivity (Wildman–Crippen MR) is 139 cm³/mol. The lowest BCUT2D eigenvalue weighted by Crippen LogP contribution is -2.52. The molecule has 0 spiro atoms. The van der Waals surface area contributed by atoms with E-state index in [1.165, 1.54) is 9.78 Å². The number of nitrogens with zero attached hydrogens (tertiary/aromatic N) is 4. The van der Waals surface area contributed by atoms with E-state index < -0.39 is 0 Å². The summed E-state index contributed by atoms with van der Waals surface area (Å²) < 4.78 is 0. The maximum Gasteiger partial charge on any atom is 0.261 e. The van der Waals surface area contributed by atoms with Crippen LogP contribution in [0.1, 0.15) is 38.4 Å². The summed E-state index contributed by atoms with van der Waals surface area (Å²) in [4.78, 5) is 36.8. The minimum atomic E-state index is -0.176. The number of fused-ring (bicyclic) bond motifs is 1. The van der Waals surface area contributed by atoms with Gasteiger partial charge in [-0.25, -0.2) is 0 Å². The molecule has 0 saturated carbocycles. The Morgan fingerprint density at radius 3 is 2.28 bits per heavy atom. The predicted octanol–water partition coefficient (Wildman–Crippen LogP) is 3.14. The van der Waals surface area contributed by atoms with Gasteiger partial charge < -0.3 is 10.2 Å². The van der Waals surface area contributed by atoms with Crippen LogP contribution in [0.15, 0.2) is 46.8 Å². The molecule has 0 unspecified atom stereocenters. The van der Waals surface area contributed by atoms with Crippen LogP contribution in [0.25, 0.3) is 0 Å². The van der Waals surface area contributed by atoms with Crippen molar-refractivity contribution < 1.29 is 9.59 Å². The van der Waals surface area contributed by atoms with Crippen molar-refractivity contribution in [1.29, 1.82) is 0 Å². The molecule has 172 valence electrons. The Balaban J connectivity index is 0.00000289. The summed E-state index contributed by atoms with van der Waals surface area (Å²) >= 11 is 1.81. The van der Waals surface area contributed by atoms with Crippen LogP contribution >= 0.6 is 35.3 Å². The SMILES string of the molecule is CN=C(NCCCCN1C(=O)c2ccccc2C1=O)N1CCN(Cc2cccs2)CC1.I. The zero-order valence-corrected chi connectivity index (χ0v) is 21.5. The van der Waals surface area contributed by atoms with Crippen LogP contribution < -0.4 is 5.32 Å². The zero-order valence-electron chi connectivity index (χ0n) is 18.3. The van der Waals surface area contributed by atoms with Gasteiger partial charge in [0.1, 0.15) is 0 Å². The highest BCUT2D eigenvalue weighted by atomic mass is 127. The number of carbonyl (C=O) groups excluding carboxylic acids is 2. The summed E-state index contributed by atoms with van der Waals surface area (Å²) in [5, 5.41) is 5.57. The number of hydrogen-bond acceptors (Lipinski definition) is 5. The van der Waals surface area contributed by atoms with Crippen molar-refractivity contribution >= 4 is 53.1 Å². The fourth-order valence-corrected chi connectivity index (χ4v) is 4.86. The Bertz CT molecular complexity index is 907. The minimum absolute atomic E-state index is 0. The molecule has 0 aliphatic carbocycles. The molecule has 9 heteroatoms. The van der Waals surface area contributed by atoms with Gasteiger partial charge in [-0.05, 0) is 36.4 Å². The number of aliphatic imine (C=N–C) groups is 1. The number of thiophene rings is 1. The van der Waals surface area contributed by atoms with Gasteiger partial charge in [0.15, 0.2) is 5.96 Å². The third-order valence-electron chi connectivity index (χ3n) is 5.81. The number of guanidine groups is 1. The molecule has 2 aromatic rings. The maximum atomic E-state index is 12.4. The number of piperazine rings is 1. The molecule has 0 radical (unpaired) electrons. The average molecular weight is 567 g/mol. The molecule has 4 rings (SSSR count). The first-order valence-corrected chi connectivity index (χ1v) is 11.7. The summed E-state index contributed by atoms with van der Waals surface area (Å²) in [6.45, 7) is 6.21. The molecule has 3 heterocycles. The summed E-state index contributed by atoms with van der Waals surface area (Å²) in [6.07, 6.45) is 1.63. The van der Waals surface area contributed by atoms with Crippen molar-refractivity contribution in [2.24, 2.45) is 4.99 Å². The van der Waals surface area contributed by atoms with E-state index in [2.05, 4.69) is 37.6 Å². The van der Waals surface area contributed by atoms with Crippen LogP contribution in [-0.2, 0) is 6.54 Å². The molecule has 2 amide bonds. The average Bonchev–Trinajstić information content (AvgIpc) is 3.39. The van der Waals surface area contributed by atoms with Crippen LogP contribution in [-0.4, -0.2) is 78.8 Å². The molecule has 1 saturated heterocycles. The second-order valence-corrected chi connectivity index (χ2v) is 8.86. The number of halogens is 1. The highest BCUT2D eigenvalue weighted by molar-refractivity contribution is 14.0. The molecule has 32 heavy (non-hydrogen) atoms. The molecule has 2 aliphatic rings. The van der Waals surface area contributed by atoms with Crippen molar-refractivity contribution in [3.05, 3.63) is 57.8 Å². The number of benzene rings is 1. The quantitative estimate of drug-likeness (QED) is 0.183. The smallest absolute Gasteiger partial charge is 0.261 e. The highest BCUT2D eigenvalue weighted by Crippen LogP contribution is 2.22. The molecular weight excluding hydrogens is 537 g/mol. The summed E-state index contributed by atoms with van der Waals surface area (Å²) in [5.74, 6) is 0.575. The number of carbonyl (C=O) groups is 2. The lowest BCUT2D eigenvalue weighted by Gasteiger charge is -2.36. The first kappa shape index (κ1) is 24.7. The van der Waals surface area contributed by atoms with Crippen molar-refractivity contribution in [3.63, 3.8) is 0 Å². The maximum absolute atomic E-state index is 12.4. The Hall–Kier alpha value is -1.98. The third-order valence-corrected chi connectivity index (χ3v) is 6.67. The third kappa shape index (κ3) is 5.68. The van der Waals surface area contributed by atoms with Gasteiger partial charge in [0.25, 0.3) is 11.8 Å². The summed E-state index contributed by atoms with van der Waals surface area (Å²) in [7, 11) is 1.82. The first-order valence-electron chi connectivity index (χ1n) is 10.8. The molecule has 0 bridgehead atoms. The molecule has 2 aliphatic heterocycles. The Morgan fingerprint density at radius 2 is 1.69 bits per heavy atom. The van der Waals surface area contributed by atoms with Gasteiger partial charge in [-0.2, -0.15) is 0 Å². The van der Waals surface area contributed by atoms with Crippen molar-refractivity contribution in [3.8, 4) is 0 Å². The largest absolute Gasteiger partial charge is 0.356 e. The molecular formula is C23H30IN5O2S. The number of imide groups is 1. The van der Waals surface area contributed by atoms with E-state index in [0.29, 0.717) is 17.7 Å². The number of amides is 2. The van der Waals surface area contributed by atoms with E-state index in [9.17, 15) is 9.59 Å². The highest BCUT2D eigenvalue weighted by Gasteiger charge is 2.34.